The van der Waals surface area contributed by atoms with Gasteiger partial charge in [0.2, 0.25) is 10.0 Å². The number of anilines is 1. The summed E-state index contributed by atoms with van der Waals surface area (Å²) in [4.78, 5) is 4.89. The van der Waals surface area contributed by atoms with Crippen molar-refractivity contribution < 1.29 is 12.8 Å². The summed E-state index contributed by atoms with van der Waals surface area (Å²) in [5.41, 5.74) is 13.8. The number of nitrogens with one attached hydrogen (secondary N) is 2. The molecular weight excluding hydrogens is 525 g/mol. The highest BCUT2D eigenvalue weighted by molar-refractivity contribution is 7.89. The summed E-state index contributed by atoms with van der Waals surface area (Å²) in [5, 5.41) is 2.00. The standard InChI is InChI=1S/C31H40FN5O2S/c1-23-7-17-28(18-8-23)40(38,39)36-22-26-11-9-25(10-12-26)21-35-37(2)30-6-4-3-5-29(30)31(33)34-20-19-24-13-15-27(32)16-14-24/h3-8,13-18,25-26,35-36H,9-12,19-22H2,1-2H3,(H2,33,34). The van der Waals surface area contributed by atoms with Crippen molar-refractivity contribution in [2.45, 2.75) is 43.9 Å². The van der Waals surface area contributed by atoms with Crippen molar-refractivity contribution in [3.63, 3.8) is 0 Å². The Morgan fingerprint density at radius 2 is 1.57 bits per heavy atom. The molecular formula is C31H40FN5O2S. The minimum absolute atomic E-state index is 0.245. The smallest absolute Gasteiger partial charge is 0.240 e. The van der Waals surface area contributed by atoms with Crippen LogP contribution in [0.2, 0.25) is 0 Å². The van der Waals surface area contributed by atoms with Gasteiger partial charge in [0.05, 0.1) is 10.6 Å². The van der Waals surface area contributed by atoms with Crippen molar-refractivity contribution in [3.8, 4) is 0 Å². The summed E-state index contributed by atoms with van der Waals surface area (Å²) in [6, 6.07) is 21.3. The van der Waals surface area contributed by atoms with Crippen LogP contribution in [0.1, 0.15) is 42.4 Å². The highest BCUT2D eigenvalue weighted by Crippen LogP contribution is 2.29. The zero-order chi connectivity index (χ0) is 28.5. The third-order valence-corrected chi connectivity index (χ3v) is 9.05. The van der Waals surface area contributed by atoms with Gasteiger partial charge in [-0.1, -0.05) is 42.0 Å². The Bertz CT molecular complexity index is 1370. The Kier molecular flexibility index (Phi) is 10.3. The first-order valence-electron chi connectivity index (χ1n) is 13.9. The predicted octanol–water partition coefficient (Wildman–Crippen LogP) is 4.81. The van der Waals surface area contributed by atoms with E-state index in [1.54, 1.807) is 24.3 Å². The van der Waals surface area contributed by atoms with Gasteiger partial charge in [-0.05, 0) is 92.8 Å². The average molecular weight is 566 g/mol. The molecule has 1 saturated carbocycles. The summed E-state index contributed by atoms with van der Waals surface area (Å²) in [6.07, 6.45) is 4.78. The molecule has 0 atom stereocenters. The lowest BCUT2D eigenvalue weighted by molar-refractivity contribution is 0.268. The third-order valence-electron chi connectivity index (χ3n) is 7.61. The number of rotatable bonds is 12. The molecule has 0 radical (unpaired) electrons. The van der Waals surface area contributed by atoms with E-state index in [2.05, 4.69) is 15.1 Å². The second kappa shape index (κ2) is 13.9. The molecule has 4 rings (SSSR count). The average Bonchev–Trinajstić information content (AvgIpc) is 2.96. The molecule has 1 aliphatic carbocycles. The van der Waals surface area contributed by atoms with Gasteiger partial charge in [0, 0.05) is 32.2 Å². The normalized spacial score (nSPS) is 18.0. The van der Waals surface area contributed by atoms with E-state index in [1.165, 1.54) is 12.1 Å². The molecule has 0 heterocycles. The largest absolute Gasteiger partial charge is 0.383 e. The minimum Gasteiger partial charge on any atom is -0.383 e. The molecule has 3 aromatic carbocycles. The van der Waals surface area contributed by atoms with Gasteiger partial charge in [-0.15, -0.1) is 0 Å². The first-order valence-corrected chi connectivity index (χ1v) is 15.4. The van der Waals surface area contributed by atoms with Crippen LogP contribution in [0, 0.1) is 24.6 Å². The lowest BCUT2D eigenvalue weighted by atomic mass is 9.82. The van der Waals surface area contributed by atoms with E-state index < -0.39 is 10.0 Å². The first-order chi connectivity index (χ1) is 19.2. The number of para-hydroxylation sites is 1. The van der Waals surface area contributed by atoms with Gasteiger partial charge in [-0.3, -0.25) is 4.99 Å². The molecule has 0 aromatic heterocycles. The number of benzene rings is 3. The van der Waals surface area contributed by atoms with Gasteiger partial charge >= 0.3 is 0 Å². The van der Waals surface area contributed by atoms with E-state index in [4.69, 9.17) is 5.73 Å². The van der Waals surface area contributed by atoms with E-state index in [0.29, 0.717) is 42.1 Å². The Morgan fingerprint density at radius 3 is 2.25 bits per heavy atom. The van der Waals surface area contributed by atoms with E-state index >= 15 is 0 Å². The van der Waals surface area contributed by atoms with Gasteiger partial charge in [-0.25, -0.2) is 23.0 Å². The van der Waals surface area contributed by atoms with Crippen LogP contribution in [-0.2, 0) is 16.4 Å². The van der Waals surface area contributed by atoms with Crippen LogP contribution < -0.4 is 20.9 Å². The van der Waals surface area contributed by atoms with Gasteiger partial charge in [-0.2, -0.15) is 0 Å². The fourth-order valence-electron chi connectivity index (χ4n) is 5.04. The minimum atomic E-state index is -3.48. The molecule has 9 heteroatoms. The van der Waals surface area contributed by atoms with Crippen LogP contribution >= 0.6 is 0 Å². The molecule has 7 nitrogen and oxygen atoms in total. The number of amidine groups is 1. The number of hydrogen-bond donors (Lipinski definition) is 3. The number of aliphatic imine (C=N–C) groups is 1. The number of aryl methyl sites for hydroxylation is 1. The Labute approximate surface area is 237 Å². The predicted molar refractivity (Wildman–Crippen MR) is 160 cm³/mol. The van der Waals surface area contributed by atoms with Crippen LogP contribution in [0.15, 0.2) is 82.7 Å². The molecule has 214 valence electrons. The zero-order valence-corrected chi connectivity index (χ0v) is 24.1. The van der Waals surface area contributed by atoms with Crippen LogP contribution in [0.25, 0.3) is 0 Å². The van der Waals surface area contributed by atoms with E-state index in [9.17, 15) is 12.8 Å². The quantitative estimate of drug-likeness (QED) is 0.166. The van der Waals surface area contributed by atoms with E-state index in [1.807, 2.05) is 55.4 Å². The topological polar surface area (TPSA) is 99.8 Å². The fraction of sp³-hybridized carbons (Fsp3) is 0.387. The highest BCUT2D eigenvalue weighted by atomic mass is 32.2. The molecule has 0 saturated heterocycles. The second-order valence-electron chi connectivity index (χ2n) is 10.6. The number of nitrogens with two attached hydrogens (primary N) is 1. The maximum Gasteiger partial charge on any atom is 0.240 e. The number of halogens is 1. The van der Waals surface area contributed by atoms with E-state index in [-0.39, 0.29) is 5.82 Å². The molecule has 40 heavy (non-hydrogen) atoms. The van der Waals surface area contributed by atoms with Crippen LogP contribution in [0.3, 0.4) is 0 Å². The molecule has 0 aliphatic heterocycles. The summed E-state index contributed by atoms with van der Waals surface area (Å²) in [5.74, 6) is 1.09. The fourth-order valence-corrected chi connectivity index (χ4v) is 6.16. The molecule has 4 N–H and O–H groups in total. The summed E-state index contributed by atoms with van der Waals surface area (Å²) in [6.45, 7) is 3.77. The van der Waals surface area contributed by atoms with Crippen molar-refractivity contribution in [1.29, 1.82) is 0 Å². The Hall–Kier alpha value is -3.27. The van der Waals surface area contributed by atoms with Crippen molar-refractivity contribution >= 4 is 21.5 Å². The SMILES string of the molecule is Cc1ccc(S(=O)(=O)NCC2CCC(CNN(C)c3ccccc3C(N)=NCCc3ccc(F)cc3)CC2)cc1. The summed E-state index contributed by atoms with van der Waals surface area (Å²) >= 11 is 0. The van der Waals surface area contributed by atoms with Crippen LogP contribution in [-0.4, -0.2) is 40.9 Å². The zero-order valence-electron chi connectivity index (χ0n) is 23.3. The van der Waals surface area contributed by atoms with Crippen LogP contribution in [0.4, 0.5) is 10.1 Å². The van der Waals surface area contributed by atoms with Crippen molar-refractivity contribution in [3.05, 3.63) is 95.3 Å². The van der Waals surface area contributed by atoms with Crippen molar-refractivity contribution in [2.75, 3.05) is 31.7 Å². The third kappa shape index (κ3) is 8.36. The lowest BCUT2D eigenvalue weighted by Gasteiger charge is -2.31. The highest BCUT2D eigenvalue weighted by Gasteiger charge is 2.24. The molecule has 1 fully saturated rings. The van der Waals surface area contributed by atoms with Gasteiger partial charge in [0.1, 0.15) is 11.7 Å². The lowest BCUT2D eigenvalue weighted by Crippen LogP contribution is -2.40. The Balaban J connectivity index is 1.23. The molecule has 0 bridgehead atoms. The molecule has 0 spiro atoms. The van der Waals surface area contributed by atoms with E-state index in [0.717, 1.165) is 54.6 Å². The van der Waals surface area contributed by atoms with Crippen LogP contribution in [0.5, 0.6) is 0 Å². The molecule has 0 amide bonds. The summed E-state index contributed by atoms with van der Waals surface area (Å²) in [7, 11) is -1.50. The number of hydrazine groups is 1. The van der Waals surface area contributed by atoms with Crippen molar-refractivity contribution in [2.24, 2.45) is 22.6 Å². The van der Waals surface area contributed by atoms with Gasteiger partial charge < -0.3 is 10.7 Å². The second-order valence-corrected chi connectivity index (χ2v) is 12.4. The Morgan fingerprint density at radius 1 is 0.950 bits per heavy atom. The molecule has 3 aromatic rings. The van der Waals surface area contributed by atoms with Gasteiger partial charge in [0.25, 0.3) is 0 Å². The maximum absolute atomic E-state index is 13.1. The first kappa shape index (κ1) is 29.7. The molecule has 1 aliphatic rings. The number of nitrogens with zero attached hydrogens (tertiary/aromatic N) is 2. The molecule has 0 unspecified atom stereocenters. The monoisotopic (exact) mass is 565 g/mol. The summed E-state index contributed by atoms with van der Waals surface area (Å²) < 4.78 is 41.2. The number of sulfonamides is 1. The maximum atomic E-state index is 13.1. The van der Waals surface area contributed by atoms with Crippen molar-refractivity contribution in [1.82, 2.24) is 10.1 Å². The number of hydrogen-bond acceptors (Lipinski definition) is 5. The van der Waals surface area contributed by atoms with Gasteiger partial charge in [0.15, 0.2) is 0 Å².